The van der Waals surface area contributed by atoms with Gasteiger partial charge in [0.2, 0.25) is 11.8 Å². The molecule has 0 aliphatic heterocycles. The van der Waals surface area contributed by atoms with Crippen molar-refractivity contribution in [2.24, 2.45) is 5.84 Å². The second kappa shape index (κ2) is 6.62. The van der Waals surface area contributed by atoms with Crippen molar-refractivity contribution in [3.05, 3.63) is 10.7 Å². The van der Waals surface area contributed by atoms with Crippen LogP contribution in [0.2, 0.25) is 0 Å². The molecule has 1 aromatic rings. The van der Waals surface area contributed by atoms with Crippen molar-refractivity contribution in [1.82, 2.24) is 9.97 Å². The summed E-state index contributed by atoms with van der Waals surface area (Å²) in [7, 11) is 0. The Bertz CT molecular complexity index is 335. The van der Waals surface area contributed by atoms with Crippen LogP contribution in [0.1, 0.15) is 13.8 Å². The summed E-state index contributed by atoms with van der Waals surface area (Å²) >= 11 is 3.28. The second-order valence-electron chi connectivity index (χ2n) is 3.26. The molecule has 90 valence electrons. The highest BCUT2D eigenvalue weighted by atomic mass is 79.9. The first-order chi connectivity index (χ1) is 7.63. The summed E-state index contributed by atoms with van der Waals surface area (Å²) in [5, 5.41) is 0. The zero-order valence-corrected chi connectivity index (χ0v) is 10.8. The molecule has 7 heteroatoms. The van der Waals surface area contributed by atoms with Crippen LogP contribution in [0.25, 0.3) is 0 Å². The lowest BCUT2D eigenvalue weighted by molar-refractivity contribution is 0.0541. The molecule has 0 spiro atoms. The minimum Gasteiger partial charge on any atom is -0.474 e. The summed E-state index contributed by atoms with van der Waals surface area (Å²) in [5.41, 5.74) is 2.35. The maximum Gasteiger partial charge on any atom is 0.240 e. The highest BCUT2D eigenvalue weighted by Crippen LogP contribution is 2.21. The normalized spacial score (nSPS) is 10.6. The third-order valence-corrected chi connectivity index (χ3v) is 2.16. The fourth-order valence-electron chi connectivity index (χ4n) is 0.944. The van der Waals surface area contributed by atoms with Gasteiger partial charge in [-0.1, -0.05) is 0 Å². The molecular weight excluding hydrogens is 276 g/mol. The second-order valence-corrected chi connectivity index (χ2v) is 4.11. The van der Waals surface area contributed by atoms with E-state index in [9.17, 15) is 0 Å². The molecular formula is C9H15BrN4O2. The number of nitrogens with one attached hydrogen (secondary N) is 1. The van der Waals surface area contributed by atoms with Gasteiger partial charge in [-0.15, -0.1) is 0 Å². The summed E-state index contributed by atoms with van der Waals surface area (Å²) < 4.78 is 11.4. The number of rotatable bonds is 6. The lowest BCUT2D eigenvalue weighted by atomic mass is 10.5. The van der Waals surface area contributed by atoms with Crippen molar-refractivity contribution in [2.75, 3.05) is 18.6 Å². The lowest BCUT2D eigenvalue weighted by Gasteiger charge is -2.10. The standard InChI is InChI=1S/C9H15BrN4O2/c1-6(2)15-3-4-16-8-7(10)5-12-9(13-8)14-11/h5-6H,3-4,11H2,1-2H3,(H,12,13,14). The van der Waals surface area contributed by atoms with E-state index in [1.54, 1.807) is 6.20 Å². The van der Waals surface area contributed by atoms with E-state index >= 15 is 0 Å². The van der Waals surface area contributed by atoms with Gasteiger partial charge in [0, 0.05) is 0 Å². The largest absolute Gasteiger partial charge is 0.474 e. The molecule has 1 aromatic heterocycles. The van der Waals surface area contributed by atoms with Crippen LogP contribution in [0, 0.1) is 0 Å². The van der Waals surface area contributed by atoms with Crippen molar-refractivity contribution in [2.45, 2.75) is 20.0 Å². The fraction of sp³-hybridized carbons (Fsp3) is 0.556. The highest BCUT2D eigenvalue weighted by molar-refractivity contribution is 9.10. The molecule has 3 N–H and O–H groups in total. The first kappa shape index (κ1) is 13.1. The summed E-state index contributed by atoms with van der Waals surface area (Å²) in [6.07, 6.45) is 1.76. The molecule has 0 amide bonds. The van der Waals surface area contributed by atoms with Gasteiger partial charge < -0.3 is 9.47 Å². The predicted octanol–water partition coefficient (Wildman–Crippen LogP) is 1.33. The van der Waals surface area contributed by atoms with Gasteiger partial charge in [-0.05, 0) is 29.8 Å². The molecule has 0 aliphatic carbocycles. The predicted molar refractivity (Wildman–Crippen MR) is 64.1 cm³/mol. The average molecular weight is 291 g/mol. The van der Waals surface area contributed by atoms with Gasteiger partial charge in [0.1, 0.15) is 6.61 Å². The van der Waals surface area contributed by atoms with Crippen LogP contribution in [0.3, 0.4) is 0 Å². The van der Waals surface area contributed by atoms with Crippen LogP contribution in [0.15, 0.2) is 10.7 Å². The third kappa shape index (κ3) is 4.30. The Kier molecular flexibility index (Phi) is 5.44. The number of nitrogen functional groups attached to an aromatic ring is 1. The van der Waals surface area contributed by atoms with Crippen molar-refractivity contribution < 1.29 is 9.47 Å². The van der Waals surface area contributed by atoms with E-state index < -0.39 is 0 Å². The van der Waals surface area contributed by atoms with Crippen molar-refractivity contribution in [1.29, 1.82) is 0 Å². The number of nitrogens with zero attached hydrogens (tertiary/aromatic N) is 2. The van der Waals surface area contributed by atoms with E-state index in [0.717, 1.165) is 0 Å². The highest BCUT2D eigenvalue weighted by Gasteiger charge is 2.05. The van der Waals surface area contributed by atoms with Gasteiger partial charge >= 0.3 is 0 Å². The molecule has 1 heterocycles. The molecule has 0 unspecified atom stereocenters. The molecule has 0 saturated heterocycles. The minimum absolute atomic E-state index is 0.193. The lowest BCUT2D eigenvalue weighted by Crippen LogP contribution is -2.14. The van der Waals surface area contributed by atoms with E-state index in [4.69, 9.17) is 15.3 Å². The quantitative estimate of drug-likeness (QED) is 0.467. The van der Waals surface area contributed by atoms with Gasteiger partial charge in [-0.2, -0.15) is 4.98 Å². The Morgan fingerprint density at radius 3 is 2.88 bits per heavy atom. The zero-order valence-electron chi connectivity index (χ0n) is 9.24. The van der Waals surface area contributed by atoms with Crippen molar-refractivity contribution in [3.63, 3.8) is 0 Å². The minimum atomic E-state index is 0.193. The van der Waals surface area contributed by atoms with Crippen LogP contribution in [-0.4, -0.2) is 29.3 Å². The number of ether oxygens (including phenoxy) is 2. The molecule has 1 rings (SSSR count). The zero-order chi connectivity index (χ0) is 12.0. The van der Waals surface area contributed by atoms with Gasteiger partial charge in [0.15, 0.2) is 0 Å². The summed E-state index contributed by atoms with van der Waals surface area (Å²) in [6.45, 7) is 4.88. The van der Waals surface area contributed by atoms with E-state index in [1.807, 2.05) is 13.8 Å². The molecule has 0 radical (unpaired) electrons. The van der Waals surface area contributed by atoms with Crippen LogP contribution in [0.4, 0.5) is 5.95 Å². The van der Waals surface area contributed by atoms with Crippen molar-refractivity contribution in [3.8, 4) is 5.88 Å². The topological polar surface area (TPSA) is 82.3 Å². The molecule has 0 aromatic carbocycles. The average Bonchev–Trinajstić information content (AvgIpc) is 2.26. The van der Waals surface area contributed by atoms with Crippen LogP contribution < -0.4 is 16.0 Å². The van der Waals surface area contributed by atoms with Crippen molar-refractivity contribution >= 4 is 21.9 Å². The first-order valence-corrected chi connectivity index (χ1v) is 5.66. The number of hydrazine groups is 1. The Morgan fingerprint density at radius 2 is 2.25 bits per heavy atom. The summed E-state index contributed by atoms with van der Waals surface area (Å²) in [5.74, 6) is 5.94. The van der Waals surface area contributed by atoms with Gasteiger partial charge in [0.25, 0.3) is 0 Å². The molecule has 16 heavy (non-hydrogen) atoms. The Hall–Kier alpha value is -0.920. The van der Waals surface area contributed by atoms with E-state index in [2.05, 4.69) is 31.3 Å². The third-order valence-electron chi connectivity index (χ3n) is 1.61. The molecule has 0 saturated carbocycles. The maximum atomic E-state index is 5.41. The van der Waals surface area contributed by atoms with E-state index in [-0.39, 0.29) is 6.10 Å². The van der Waals surface area contributed by atoms with Crippen LogP contribution >= 0.6 is 15.9 Å². The molecule has 0 fully saturated rings. The van der Waals surface area contributed by atoms with Crippen LogP contribution in [0.5, 0.6) is 5.88 Å². The fourth-order valence-corrected chi connectivity index (χ4v) is 1.25. The summed E-state index contributed by atoms with van der Waals surface area (Å²) in [4.78, 5) is 7.94. The Labute approximate surface area is 103 Å². The maximum absolute atomic E-state index is 5.41. The molecule has 0 atom stereocenters. The van der Waals surface area contributed by atoms with Crippen LogP contribution in [-0.2, 0) is 4.74 Å². The molecule has 6 nitrogen and oxygen atoms in total. The smallest absolute Gasteiger partial charge is 0.240 e. The van der Waals surface area contributed by atoms with Gasteiger partial charge in [-0.25, -0.2) is 10.8 Å². The number of aromatic nitrogens is 2. The SMILES string of the molecule is CC(C)OCCOc1nc(NN)ncc1Br. The van der Waals surface area contributed by atoms with E-state index in [1.165, 1.54) is 0 Å². The number of anilines is 1. The Balaban J connectivity index is 2.46. The van der Waals surface area contributed by atoms with Gasteiger partial charge in [-0.3, -0.25) is 5.43 Å². The summed E-state index contributed by atoms with van der Waals surface area (Å²) in [6, 6.07) is 0. The molecule has 0 aliphatic rings. The number of hydrogen-bond acceptors (Lipinski definition) is 6. The van der Waals surface area contributed by atoms with Gasteiger partial charge in [0.05, 0.1) is 23.4 Å². The first-order valence-electron chi connectivity index (χ1n) is 4.87. The number of hydrogen-bond donors (Lipinski definition) is 2. The number of nitrogens with two attached hydrogens (primary N) is 1. The molecule has 0 bridgehead atoms. The monoisotopic (exact) mass is 290 g/mol. The van der Waals surface area contributed by atoms with E-state index in [0.29, 0.717) is 29.5 Å². The Morgan fingerprint density at radius 1 is 1.50 bits per heavy atom. The number of halogens is 1.